The third-order valence-corrected chi connectivity index (χ3v) is 7.98. The number of pyridine rings is 1. The lowest BCUT2D eigenvalue weighted by Gasteiger charge is -2.27. The smallest absolute Gasteiger partial charge is 0.294 e. The van der Waals surface area contributed by atoms with Crippen molar-refractivity contribution in [2.24, 2.45) is 5.41 Å². The van der Waals surface area contributed by atoms with E-state index in [9.17, 15) is 19.5 Å². The highest BCUT2D eigenvalue weighted by Gasteiger charge is 2.45. The molecule has 0 atom stereocenters. The van der Waals surface area contributed by atoms with Gasteiger partial charge in [0.1, 0.15) is 16.9 Å². The molecule has 5 rings (SSSR count). The van der Waals surface area contributed by atoms with Crippen molar-refractivity contribution in [2.45, 2.75) is 40.3 Å². The van der Waals surface area contributed by atoms with Crippen molar-refractivity contribution in [3.8, 4) is 11.5 Å². The number of carbonyl (C=O) groups is 2. The third kappa shape index (κ3) is 6.15. The molecule has 2 aromatic carbocycles. The van der Waals surface area contributed by atoms with Crippen LogP contribution in [0.2, 0.25) is 0 Å². The fraction of sp³-hybridized carbons (Fsp3) is 0.364. The summed E-state index contributed by atoms with van der Waals surface area (Å²) in [6, 6.07) is 16.3. The van der Waals surface area contributed by atoms with Gasteiger partial charge in [0.2, 0.25) is 11.8 Å². The molecule has 226 valence electrons. The van der Waals surface area contributed by atoms with Gasteiger partial charge in [0, 0.05) is 57.4 Å². The number of ether oxygens (including phenoxy) is 1. The second-order valence-corrected chi connectivity index (χ2v) is 11.4. The average molecular weight is 587 g/mol. The van der Waals surface area contributed by atoms with E-state index in [0.29, 0.717) is 68.5 Å². The lowest BCUT2D eigenvalue weighted by atomic mass is 9.90. The van der Waals surface area contributed by atoms with Crippen LogP contribution >= 0.6 is 0 Å². The van der Waals surface area contributed by atoms with Crippen LogP contribution in [-0.4, -0.2) is 59.7 Å². The lowest BCUT2D eigenvalue weighted by Crippen LogP contribution is -2.47. The largest absolute Gasteiger partial charge is 0.508 e. The van der Waals surface area contributed by atoms with Crippen LogP contribution in [-0.2, 0) is 22.7 Å². The Morgan fingerprint density at radius 1 is 0.977 bits per heavy atom. The maximum Gasteiger partial charge on any atom is 0.294 e. The van der Waals surface area contributed by atoms with Gasteiger partial charge in [-0.1, -0.05) is 12.1 Å². The number of benzene rings is 2. The SMILES string of the molecule is CCN1C(=O)C(C)(C)C(=O)N(C)c2cc(OCCCN(CCn3ccc4ccoc4c3=O)Cc3cccc(O)c3)ccc21. The minimum Gasteiger partial charge on any atom is -0.508 e. The van der Waals surface area contributed by atoms with E-state index in [1.165, 1.54) is 11.2 Å². The van der Waals surface area contributed by atoms with E-state index in [-0.39, 0.29) is 23.1 Å². The number of nitrogens with zero attached hydrogens (tertiary/aromatic N) is 4. The molecule has 0 aliphatic carbocycles. The summed E-state index contributed by atoms with van der Waals surface area (Å²) < 4.78 is 13.1. The number of phenols is 1. The van der Waals surface area contributed by atoms with Crippen molar-refractivity contribution in [3.63, 3.8) is 0 Å². The minimum atomic E-state index is -1.17. The van der Waals surface area contributed by atoms with Gasteiger partial charge in [-0.25, -0.2) is 0 Å². The summed E-state index contributed by atoms with van der Waals surface area (Å²) in [6.07, 6.45) is 4.00. The summed E-state index contributed by atoms with van der Waals surface area (Å²) in [5.41, 5.74) is 1.29. The number of anilines is 2. The predicted molar refractivity (Wildman–Crippen MR) is 166 cm³/mol. The maximum absolute atomic E-state index is 13.1. The summed E-state index contributed by atoms with van der Waals surface area (Å²) in [5.74, 6) is 0.329. The average Bonchev–Trinajstić information content (AvgIpc) is 3.47. The monoisotopic (exact) mass is 586 g/mol. The Morgan fingerprint density at radius 3 is 2.56 bits per heavy atom. The van der Waals surface area contributed by atoms with Crippen LogP contribution in [0.1, 0.15) is 32.8 Å². The summed E-state index contributed by atoms with van der Waals surface area (Å²) in [7, 11) is 1.69. The van der Waals surface area contributed by atoms with Crippen molar-refractivity contribution < 1.29 is 23.8 Å². The highest BCUT2D eigenvalue weighted by atomic mass is 16.5. The predicted octanol–water partition coefficient (Wildman–Crippen LogP) is 4.63. The number of amides is 2. The van der Waals surface area contributed by atoms with Crippen LogP contribution in [0.4, 0.5) is 11.4 Å². The quantitative estimate of drug-likeness (QED) is 0.202. The van der Waals surface area contributed by atoms with E-state index in [0.717, 1.165) is 10.9 Å². The van der Waals surface area contributed by atoms with Crippen LogP contribution in [0.5, 0.6) is 11.5 Å². The molecule has 3 heterocycles. The van der Waals surface area contributed by atoms with Gasteiger partial charge in [0.05, 0.1) is 24.2 Å². The summed E-state index contributed by atoms with van der Waals surface area (Å²) >= 11 is 0. The van der Waals surface area contributed by atoms with E-state index >= 15 is 0 Å². The normalized spacial score (nSPS) is 14.8. The van der Waals surface area contributed by atoms with Gasteiger partial charge in [-0.2, -0.15) is 0 Å². The standard InChI is InChI=1S/C33H38N4O6/c1-5-37-27-11-10-26(21-28(27)34(4)31(40)33(2,3)32(37)41)42-18-7-14-35(22-23-8-6-9-25(38)20-23)16-17-36-15-12-24-13-19-43-29(24)30(36)39/h6,8-13,15,19-21,38H,5,7,14,16-18,22H2,1-4H3. The maximum atomic E-state index is 13.1. The molecule has 2 amide bonds. The Hall–Kier alpha value is -4.57. The fourth-order valence-corrected chi connectivity index (χ4v) is 5.55. The van der Waals surface area contributed by atoms with Gasteiger partial charge in [-0.05, 0) is 69.2 Å². The van der Waals surface area contributed by atoms with Crippen LogP contribution < -0.4 is 20.1 Å². The molecule has 4 aromatic rings. The van der Waals surface area contributed by atoms with Crippen LogP contribution in [0.3, 0.4) is 0 Å². The Morgan fingerprint density at radius 2 is 1.79 bits per heavy atom. The highest BCUT2D eigenvalue weighted by Crippen LogP contribution is 2.40. The molecule has 10 heteroatoms. The Labute approximate surface area is 250 Å². The molecule has 0 radical (unpaired) electrons. The van der Waals surface area contributed by atoms with Gasteiger partial charge >= 0.3 is 0 Å². The first kappa shape index (κ1) is 29.9. The lowest BCUT2D eigenvalue weighted by molar-refractivity contribution is -0.137. The number of phenolic OH excluding ortho intramolecular Hbond substituents is 1. The highest BCUT2D eigenvalue weighted by molar-refractivity contribution is 6.20. The molecule has 2 aromatic heterocycles. The van der Waals surface area contributed by atoms with E-state index in [1.807, 2.05) is 43.3 Å². The third-order valence-electron chi connectivity index (χ3n) is 7.98. The number of aromatic nitrogens is 1. The minimum absolute atomic E-state index is 0.165. The first-order chi connectivity index (χ1) is 20.6. The zero-order chi connectivity index (χ0) is 30.7. The molecule has 1 N–H and O–H groups in total. The number of fused-ring (bicyclic) bond motifs is 2. The van der Waals surface area contributed by atoms with Gasteiger partial charge in [-0.15, -0.1) is 0 Å². The Bertz CT molecular complexity index is 1690. The Balaban J connectivity index is 1.26. The van der Waals surface area contributed by atoms with Crippen molar-refractivity contribution >= 4 is 34.2 Å². The topological polar surface area (TPSA) is 108 Å². The zero-order valence-corrected chi connectivity index (χ0v) is 25.1. The number of hydrogen-bond acceptors (Lipinski definition) is 7. The molecule has 1 aliphatic heterocycles. The number of aromatic hydroxyl groups is 1. The van der Waals surface area contributed by atoms with Crippen LogP contribution in [0.25, 0.3) is 11.0 Å². The van der Waals surface area contributed by atoms with Gasteiger partial charge < -0.3 is 28.6 Å². The zero-order valence-electron chi connectivity index (χ0n) is 25.1. The molecule has 10 nitrogen and oxygen atoms in total. The molecule has 0 fully saturated rings. The van der Waals surface area contributed by atoms with Gasteiger partial charge in [0.25, 0.3) is 5.56 Å². The number of furan rings is 1. The van der Waals surface area contributed by atoms with E-state index in [1.54, 1.807) is 54.8 Å². The first-order valence-electron chi connectivity index (χ1n) is 14.5. The molecule has 0 bridgehead atoms. The molecular formula is C33H38N4O6. The van der Waals surface area contributed by atoms with Crippen LogP contribution in [0, 0.1) is 5.41 Å². The van der Waals surface area contributed by atoms with Crippen molar-refractivity contribution in [3.05, 3.63) is 83.0 Å². The van der Waals surface area contributed by atoms with E-state index in [2.05, 4.69) is 4.90 Å². The van der Waals surface area contributed by atoms with Crippen LogP contribution in [0.15, 0.2) is 76.3 Å². The second-order valence-electron chi connectivity index (χ2n) is 11.4. The molecule has 43 heavy (non-hydrogen) atoms. The van der Waals surface area contributed by atoms with Gasteiger partial charge in [0.15, 0.2) is 5.58 Å². The van der Waals surface area contributed by atoms with Crippen molar-refractivity contribution in [1.29, 1.82) is 0 Å². The van der Waals surface area contributed by atoms with Crippen molar-refractivity contribution in [1.82, 2.24) is 9.47 Å². The van der Waals surface area contributed by atoms with E-state index in [4.69, 9.17) is 9.15 Å². The molecule has 0 spiro atoms. The number of rotatable bonds is 11. The number of hydrogen-bond donors (Lipinski definition) is 1. The summed E-state index contributed by atoms with van der Waals surface area (Å²) in [6.45, 7) is 8.44. The summed E-state index contributed by atoms with van der Waals surface area (Å²) in [4.78, 5) is 44.5. The fourth-order valence-electron chi connectivity index (χ4n) is 5.55. The molecule has 0 saturated carbocycles. The van der Waals surface area contributed by atoms with Gasteiger partial charge in [-0.3, -0.25) is 19.3 Å². The molecule has 0 saturated heterocycles. The Kier molecular flexibility index (Phi) is 8.59. The molecular weight excluding hydrogens is 548 g/mol. The number of carbonyl (C=O) groups excluding carboxylic acids is 2. The molecule has 0 unspecified atom stereocenters. The van der Waals surface area contributed by atoms with E-state index < -0.39 is 5.41 Å². The second kappa shape index (κ2) is 12.3. The van der Waals surface area contributed by atoms with Crippen molar-refractivity contribution in [2.75, 3.05) is 43.1 Å². The summed E-state index contributed by atoms with van der Waals surface area (Å²) in [5, 5.41) is 10.7. The first-order valence-corrected chi connectivity index (χ1v) is 14.5. The molecule has 1 aliphatic rings.